The number of nitro groups is 1. The Kier molecular flexibility index (Phi) is 4.00. The van der Waals surface area contributed by atoms with Crippen molar-refractivity contribution in [3.8, 4) is 5.69 Å². The van der Waals surface area contributed by atoms with Crippen molar-refractivity contribution in [1.29, 1.82) is 0 Å². The molecule has 8 nitrogen and oxygen atoms in total. The van der Waals surface area contributed by atoms with Gasteiger partial charge in [-0.2, -0.15) is 5.10 Å². The van der Waals surface area contributed by atoms with E-state index in [0.717, 1.165) is 11.1 Å². The molecule has 2 aromatic carbocycles. The molecule has 0 radical (unpaired) electrons. The van der Waals surface area contributed by atoms with E-state index >= 15 is 0 Å². The number of fused-ring (bicyclic) bond motifs is 1. The summed E-state index contributed by atoms with van der Waals surface area (Å²) < 4.78 is 2.82. The minimum atomic E-state index is -0.485. The fourth-order valence-corrected chi connectivity index (χ4v) is 2.93. The molecule has 0 spiro atoms. The van der Waals surface area contributed by atoms with E-state index in [1.807, 2.05) is 31.2 Å². The second kappa shape index (κ2) is 6.49. The third-order valence-corrected chi connectivity index (χ3v) is 4.33. The minimum Gasteiger partial charge on any atom is -0.294 e. The zero-order valence-corrected chi connectivity index (χ0v) is 14.4. The Morgan fingerprint density at radius 2 is 1.85 bits per heavy atom. The van der Waals surface area contributed by atoms with Gasteiger partial charge in [0.25, 0.3) is 11.2 Å². The van der Waals surface area contributed by atoms with Gasteiger partial charge in [-0.25, -0.2) is 9.67 Å². The minimum absolute atomic E-state index is 0.104. The fraction of sp³-hybridized carbons (Fsp3) is 0.105. The molecule has 0 saturated heterocycles. The van der Waals surface area contributed by atoms with Gasteiger partial charge in [0.2, 0.25) is 0 Å². The van der Waals surface area contributed by atoms with Crippen LogP contribution in [0.3, 0.4) is 0 Å². The second-order valence-electron chi connectivity index (χ2n) is 6.20. The lowest BCUT2D eigenvalue weighted by atomic mass is 10.1. The highest BCUT2D eigenvalue weighted by molar-refractivity contribution is 5.76. The number of hydrogen-bond acceptors (Lipinski definition) is 5. The SMILES string of the molecule is Cc1ccc(Cn2cnc3c(cnn3-c3ccccc3[N+](=O)[O-])c2=O)cc1. The Balaban J connectivity index is 1.80. The topological polar surface area (TPSA) is 95.8 Å². The summed E-state index contributed by atoms with van der Waals surface area (Å²) in [6, 6.07) is 14.1. The number of rotatable bonds is 4. The second-order valence-corrected chi connectivity index (χ2v) is 6.20. The average molecular weight is 361 g/mol. The highest BCUT2D eigenvalue weighted by Crippen LogP contribution is 2.23. The number of nitrogens with zero attached hydrogens (tertiary/aromatic N) is 5. The van der Waals surface area contributed by atoms with Gasteiger partial charge in [-0.3, -0.25) is 19.5 Å². The van der Waals surface area contributed by atoms with Crippen LogP contribution >= 0.6 is 0 Å². The van der Waals surface area contributed by atoms with E-state index in [-0.39, 0.29) is 22.6 Å². The predicted molar refractivity (Wildman–Crippen MR) is 100 cm³/mol. The molecule has 2 heterocycles. The molecule has 134 valence electrons. The van der Waals surface area contributed by atoms with Gasteiger partial charge in [0.15, 0.2) is 5.65 Å². The number of aromatic nitrogens is 4. The molecule has 0 amide bonds. The Hall–Kier alpha value is -3.81. The number of hydrogen-bond donors (Lipinski definition) is 0. The molecule has 0 bridgehead atoms. The molecule has 0 aliphatic rings. The maximum Gasteiger partial charge on any atom is 0.294 e. The van der Waals surface area contributed by atoms with Crippen LogP contribution in [-0.2, 0) is 6.54 Å². The third kappa shape index (κ3) is 2.97. The molecule has 0 N–H and O–H groups in total. The molecule has 0 saturated carbocycles. The fourth-order valence-electron chi connectivity index (χ4n) is 2.93. The summed E-state index contributed by atoms with van der Waals surface area (Å²) in [5.74, 6) is 0. The molecule has 0 aliphatic carbocycles. The van der Waals surface area contributed by atoms with Crippen molar-refractivity contribution in [2.75, 3.05) is 0 Å². The molecule has 0 unspecified atom stereocenters. The van der Waals surface area contributed by atoms with Crippen LogP contribution in [0.25, 0.3) is 16.7 Å². The first-order chi connectivity index (χ1) is 13.0. The summed E-state index contributed by atoms with van der Waals surface area (Å²) in [4.78, 5) is 27.9. The zero-order valence-electron chi connectivity index (χ0n) is 14.4. The Morgan fingerprint density at radius 3 is 2.59 bits per heavy atom. The molecule has 0 aliphatic heterocycles. The lowest BCUT2D eigenvalue weighted by molar-refractivity contribution is -0.384. The van der Waals surface area contributed by atoms with Gasteiger partial charge >= 0.3 is 0 Å². The van der Waals surface area contributed by atoms with E-state index in [2.05, 4.69) is 10.1 Å². The van der Waals surface area contributed by atoms with E-state index in [1.165, 1.54) is 27.8 Å². The lowest BCUT2D eigenvalue weighted by Crippen LogP contribution is -2.21. The molecule has 0 fully saturated rings. The predicted octanol–water partition coefficient (Wildman–Crippen LogP) is 2.85. The van der Waals surface area contributed by atoms with Crippen LogP contribution in [0.4, 0.5) is 5.69 Å². The molecule has 0 atom stereocenters. The first-order valence-corrected chi connectivity index (χ1v) is 8.27. The van der Waals surface area contributed by atoms with Crippen LogP contribution in [0.15, 0.2) is 65.8 Å². The van der Waals surface area contributed by atoms with Crippen molar-refractivity contribution in [3.63, 3.8) is 0 Å². The van der Waals surface area contributed by atoms with Gasteiger partial charge in [-0.15, -0.1) is 0 Å². The normalized spacial score (nSPS) is 11.0. The van der Waals surface area contributed by atoms with Crippen molar-refractivity contribution < 1.29 is 4.92 Å². The summed E-state index contributed by atoms with van der Waals surface area (Å²) in [5, 5.41) is 15.8. The molecule has 4 aromatic rings. The summed E-state index contributed by atoms with van der Waals surface area (Å²) in [7, 11) is 0. The first kappa shape index (κ1) is 16.6. The quantitative estimate of drug-likeness (QED) is 0.411. The van der Waals surface area contributed by atoms with Gasteiger partial charge in [-0.1, -0.05) is 42.0 Å². The molecular weight excluding hydrogens is 346 g/mol. The van der Waals surface area contributed by atoms with E-state index in [9.17, 15) is 14.9 Å². The van der Waals surface area contributed by atoms with Crippen LogP contribution in [0, 0.1) is 17.0 Å². The number of nitro benzene ring substituents is 1. The molecule has 2 aromatic heterocycles. The Labute approximate surface area is 153 Å². The van der Waals surface area contributed by atoms with Crippen LogP contribution < -0.4 is 5.56 Å². The van der Waals surface area contributed by atoms with Crippen LogP contribution in [0.5, 0.6) is 0 Å². The van der Waals surface area contributed by atoms with Crippen LogP contribution in [0.2, 0.25) is 0 Å². The van der Waals surface area contributed by atoms with Gasteiger partial charge in [0.1, 0.15) is 17.4 Å². The third-order valence-electron chi connectivity index (χ3n) is 4.33. The smallest absolute Gasteiger partial charge is 0.294 e. The molecular formula is C19H15N5O3. The maximum absolute atomic E-state index is 12.8. The number of para-hydroxylation sites is 2. The average Bonchev–Trinajstić information content (AvgIpc) is 3.10. The highest BCUT2D eigenvalue weighted by Gasteiger charge is 2.19. The van der Waals surface area contributed by atoms with E-state index in [0.29, 0.717) is 11.9 Å². The summed E-state index contributed by atoms with van der Waals surface area (Å²) in [5.41, 5.74) is 2.33. The largest absolute Gasteiger partial charge is 0.294 e. The van der Waals surface area contributed by atoms with Gasteiger partial charge in [0, 0.05) is 6.07 Å². The maximum atomic E-state index is 12.8. The molecule has 27 heavy (non-hydrogen) atoms. The highest BCUT2D eigenvalue weighted by atomic mass is 16.6. The van der Waals surface area contributed by atoms with Gasteiger partial charge < -0.3 is 0 Å². The Morgan fingerprint density at radius 1 is 1.11 bits per heavy atom. The van der Waals surface area contributed by atoms with E-state index in [1.54, 1.807) is 18.2 Å². The van der Waals surface area contributed by atoms with Crippen molar-refractivity contribution >= 4 is 16.7 Å². The number of benzene rings is 2. The molecule has 4 rings (SSSR count). The number of aryl methyl sites for hydroxylation is 1. The van der Waals surface area contributed by atoms with Crippen LogP contribution in [0.1, 0.15) is 11.1 Å². The lowest BCUT2D eigenvalue weighted by Gasteiger charge is -2.07. The summed E-state index contributed by atoms with van der Waals surface area (Å²) in [6.45, 7) is 2.39. The standard InChI is InChI=1S/C19H15N5O3/c1-13-6-8-14(9-7-13)11-22-12-20-18-15(19(22)25)10-21-23(18)16-4-2-3-5-17(16)24(26)27/h2-10,12H,11H2,1H3. The van der Waals surface area contributed by atoms with Crippen LogP contribution in [-0.4, -0.2) is 24.3 Å². The van der Waals surface area contributed by atoms with Crippen molar-refractivity contribution in [3.05, 3.63) is 92.7 Å². The van der Waals surface area contributed by atoms with Crippen molar-refractivity contribution in [1.82, 2.24) is 19.3 Å². The van der Waals surface area contributed by atoms with Crippen molar-refractivity contribution in [2.45, 2.75) is 13.5 Å². The van der Waals surface area contributed by atoms with Crippen molar-refractivity contribution in [2.24, 2.45) is 0 Å². The van der Waals surface area contributed by atoms with Gasteiger partial charge in [-0.05, 0) is 18.6 Å². The van der Waals surface area contributed by atoms with E-state index in [4.69, 9.17) is 0 Å². The summed E-state index contributed by atoms with van der Waals surface area (Å²) >= 11 is 0. The Bertz CT molecular complexity index is 1210. The monoisotopic (exact) mass is 361 g/mol. The molecule has 8 heteroatoms. The zero-order chi connectivity index (χ0) is 19.0. The summed E-state index contributed by atoms with van der Waals surface area (Å²) in [6.07, 6.45) is 2.84. The first-order valence-electron chi connectivity index (χ1n) is 8.27. The van der Waals surface area contributed by atoms with Gasteiger partial charge in [0.05, 0.1) is 17.7 Å². The van der Waals surface area contributed by atoms with E-state index < -0.39 is 4.92 Å².